The van der Waals surface area contributed by atoms with E-state index in [9.17, 15) is 26.7 Å². The number of morpholine rings is 1. The molecule has 0 radical (unpaired) electrons. The zero-order chi connectivity index (χ0) is 29.6. The molecule has 1 aromatic rings. The number of aliphatic hydroxyl groups is 1. The predicted octanol–water partition coefficient (Wildman–Crippen LogP) is 3.37. The monoisotopic (exact) mass is 615 g/mol. The Labute approximate surface area is 244 Å². The van der Waals surface area contributed by atoms with Crippen molar-refractivity contribution in [1.29, 1.82) is 0 Å². The van der Waals surface area contributed by atoms with Crippen LogP contribution in [0.15, 0.2) is 47.4 Å². The molecule has 4 aliphatic rings. The number of methoxy groups -OCH3 is 1. The minimum absolute atomic E-state index is 0.115. The first-order chi connectivity index (χ1) is 19.3. The number of piperazine rings is 1. The zero-order valence-corrected chi connectivity index (χ0v) is 24.7. The van der Waals surface area contributed by atoms with Gasteiger partial charge < -0.3 is 19.5 Å². The normalized spacial score (nSPS) is 29.8. The van der Waals surface area contributed by atoms with Gasteiger partial charge in [0.25, 0.3) is 0 Å². The van der Waals surface area contributed by atoms with Crippen LogP contribution in [0.1, 0.15) is 31.7 Å². The van der Waals surface area contributed by atoms with E-state index < -0.39 is 21.8 Å². The van der Waals surface area contributed by atoms with Gasteiger partial charge in [0.05, 0.1) is 30.3 Å². The highest BCUT2D eigenvalue weighted by Gasteiger charge is 2.51. The minimum atomic E-state index is -4.82. The fourth-order valence-electron chi connectivity index (χ4n) is 6.25. The van der Waals surface area contributed by atoms with Crippen LogP contribution < -0.4 is 4.90 Å². The Kier molecular flexibility index (Phi) is 8.70. The summed E-state index contributed by atoms with van der Waals surface area (Å²) in [5, 5.41) is 10.1. The maximum Gasteiger partial charge on any atom is 0.421 e. The van der Waals surface area contributed by atoms with Crippen LogP contribution in [0.4, 0.5) is 18.9 Å². The van der Waals surface area contributed by atoms with Gasteiger partial charge in [0.15, 0.2) is 5.60 Å². The SMILES string of the molecule is COC1C[C@H]2COC[C@@H](C1)N2C[C@H]1CN(S(=O)(=O)C2=CC=CCC2=S)CCN1c1ccc(C(C)(O)C(F)(F)F)cc1. The summed E-state index contributed by atoms with van der Waals surface area (Å²) in [5.74, 6) is 0. The van der Waals surface area contributed by atoms with Gasteiger partial charge in [-0.05, 0) is 43.5 Å². The number of allylic oxidation sites excluding steroid dienone is 4. The Hall–Kier alpha value is -1.87. The average Bonchev–Trinajstić information content (AvgIpc) is 2.92. The Balaban J connectivity index is 1.44. The highest BCUT2D eigenvalue weighted by Crippen LogP contribution is 2.39. The first-order valence-electron chi connectivity index (χ1n) is 13.8. The Bertz CT molecular complexity index is 1290. The summed E-state index contributed by atoms with van der Waals surface area (Å²) in [5.41, 5.74) is -2.58. The minimum Gasteiger partial charge on any atom is -0.381 e. The Morgan fingerprint density at radius 1 is 1.12 bits per heavy atom. The van der Waals surface area contributed by atoms with Crippen molar-refractivity contribution in [2.75, 3.05) is 51.4 Å². The lowest BCUT2D eigenvalue weighted by Gasteiger charge is -2.51. The van der Waals surface area contributed by atoms with Gasteiger partial charge in [0, 0.05) is 62.3 Å². The lowest BCUT2D eigenvalue weighted by Crippen LogP contribution is -2.64. The van der Waals surface area contributed by atoms with Crippen LogP contribution in [-0.4, -0.2) is 105 Å². The molecule has 3 aliphatic heterocycles. The second-order valence-electron chi connectivity index (χ2n) is 11.3. The summed E-state index contributed by atoms with van der Waals surface area (Å²) in [6, 6.07) is 5.64. The van der Waals surface area contributed by atoms with Gasteiger partial charge in [0.1, 0.15) is 0 Å². The van der Waals surface area contributed by atoms with Gasteiger partial charge >= 0.3 is 6.18 Å². The summed E-state index contributed by atoms with van der Waals surface area (Å²) in [4.78, 5) is 4.96. The van der Waals surface area contributed by atoms with Crippen molar-refractivity contribution in [3.05, 3.63) is 53.0 Å². The molecule has 0 saturated carbocycles. The smallest absolute Gasteiger partial charge is 0.381 e. The predicted molar refractivity (Wildman–Crippen MR) is 153 cm³/mol. The molecule has 3 fully saturated rings. The second kappa shape index (κ2) is 11.7. The lowest BCUT2D eigenvalue weighted by molar-refractivity contribution is -0.258. The lowest BCUT2D eigenvalue weighted by atomic mass is 9.91. The summed E-state index contributed by atoms with van der Waals surface area (Å²) in [6.07, 6.45) is 2.38. The van der Waals surface area contributed by atoms with Crippen molar-refractivity contribution in [3.63, 3.8) is 0 Å². The molecule has 0 aromatic heterocycles. The number of anilines is 1. The van der Waals surface area contributed by atoms with E-state index in [-0.39, 0.29) is 47.8 Å². The largest absolute Gasteiger partial charge is 0.421 e. The molecule has 5 rings (SSSR count). The molecule has 226 valence electrons. The molecule has 5 atom stereocenters. The first kappa shape index (κ1) is 30.6. The first-order valence-corrected chi connectivity index (χ1v) is 15.6. The molecular formula is C28H36F3N3O5S2. The fourth-order valence-corrected chi connectivity index (χ4v) is 8.32. The number of ether oxygens (including phenoxy) is 2. The van der Waals surface area contributed by atoms with Crippen LogP contribution in [0.3, 0.4) is 0 Å². The third-order valence-electron chi connectivity index (χ3n) is 8.72. The fraction of sp³-hybridized carbons (Fsp3) is 0.607. The van der Waals surface area contributed by atoms with Crippen molar-refractivity contribution in [3.8, 4) is 0 Å². The quantitative estimate of drug-likeness (QED) is 0.468. The molecule has 1 aromatic carbocycles. The van der Waals surface area contributed by atoms with Gasteiger partial charge in [-0.25, -0.2) is 8.42 Å². The number of sulfonamides is 1. The van der Waals surface area contributed by atoms with Crippen LogP contribution in [0.25, 0.3) is 0 Å². The summed E-state index contributed by atoms with van der Waals surface area (Å²) in [7, 11) is -2.12. The van der Waals surface area contributed by atoms with Gasteiger partial charge in [-0.15, -0.1) is 0 Å². The van der Waals surface area contributed by atoms with E-state index in [0.717, 1.165) is 19.8 Å². The topological polar surface area (TPSA) is 82.6 Å². The third-order valence-corrected chi connectivity index (χ3v) is 11.2. The Morgan fingerprint density at radius 3 is 2.37 bits per heavy atom. The van der Waals surface area contributed by atoms with Crippen molar-refractivity contribution in [2.45, 2.75) is 62.2 Å². The van der Waals surface area contributed by atoms with Crippen LogP contribution in [0.2, 0.25) is 0 Å². The van der Waals surface area contributed by atoms with Crippen LogP contribution in [0, 0.1) is 0 Å². The molecule has 41 heavy (non-hydrogen) atoms. The number of rotatable bonds is 7. The molecule has 1 aliphatic carbocycles. The number of benzene rings is 1. The number of halogens is 3. The van der Waals surface area contributed by atoms with Crippen molar-refractivity contribution in [1.82, 2.24) is 9.21 Å². The van der Waals surface area contributed by atoms with E-state index in [0.29, 0.717) is 43.3 Å². The number of hydrogen-bond donors (Lipinski definition) is 1. The molecule has 1 N–H and O–H groups in total. The van der Waals surface area contributed by atoms with Crippen molar-refractivity contribution >= 4 is 32.8 Å². The van der Waals surface area contributed by atoms with Crippen LogP contribution >= 0.6 is 12.2 Å². The number of hydrogen-bond acceptors (Lipinski definition) is 8. The Morgan fingerprint density at radius 2 is 1.78 bits per heavy atom. The molecule has 0 spiro atoms. The maximum atomic E-state index is 13.7. The highest BCUT2D eigenvalue weighted by molar-refractivity contribution is 7.96. The van der Waals surface area contributed by atoms with Crippen molar-refractivity contribution in [2.24, 2.45) is 0 Å². The van der Waals surface area contributed by atoms with E-state index in [1.807, 2.05) is 6.08 Å². The van der Waals surface area contributed by atoms with E-state index in [1.54, 1.807) is 31.4 Å². The molecule has 2 bridgehead atoms. The highest BCUT2D eigenvalue weighted by atomic mass is 32.2. The van der Waals surface area contributed by atoms with Gasteiger partial charge in [0.2, 0.25) is 10.0 Å². The van der Waals surface area contributed by atoms with Crippen molar-refractivity contribution < 1.29 is 36.2 Å². The van der Waals surface area contributed by atoms with Gasteiger partial charge in [-0.3, -0.25) is 4.90 Å². The number of piperidine rings is 1. The standard InChI is InChI=1S/C28H36F3N3O5S2/c1-27(35,28(29,30)31)19-7-9-20(10-8-19)33-12-11-32(41(36,37)26-6-4-3-5-25(26)40)15-23(33)16-34-21-13-24(38-2)14-22(34)18-39-17-21/h3-4,6-10,21-24,35H,5,11-18H2,1-2H3/t21-,22+,23-,24?,27?/m1/s1. The summed E-state index contributed by atoms with van der Waals surface area (Å²) >= 11 is 5.38. The molecule has 13 heteroatoms. The second-order valence-corrected chi connectivity index (χ2v) is 13.7. The van der Waals surface area contributed by atoms with E-state index in [4.69, 9.17) is 21.7 Å². The van der Waals surface area contributed by atoms with E-state index in [2.05, 4.69) is 9.80 Å². The van der Waals surface area contributed by atoms with Gasteiger partial charge in [-0.2, -0.15) is 17.5 Å². The number of alkyl halides is 3. The molecule has 3 saturated heterocycles. The molecule has 3 heterocycles. The zero-order valence-electron chi connectivity index (χ0n) is 23.1. The third kappa shape index (κ3) is 5.99. The number of nitrogens with zero attached hydrogens (tertiary/aromatic N) is 3. The summed E-state index contributed by atoms with van der Waals surface area (Å²) < 4.78 is 80.6. The number of fused-ring (bicyclic) bond motifs is 2. The summed E-state index contributed by atoms with van der Waals surface area (Å²) in [6.45, 7) is 3.13. The van der Waals surface area contributed by atoms with Crippen LogP contribution in [0.5, 0.6) is 0 Å². The van der Waals surface area contributed by atoms with Crippen LogP contribution in [-0.2, 0) is 25.1 Å². The molecule has 0 amide bonds. The maximum absolute atomic E-state index is 13.7. The molecular weight excluding hydrogens is 579 g/mol. The van der Waals surface area contributed by atoms with Gasteiger partial charge in [-0.1, -0.05) is 36.5 Å². The van der Waals surface area contributed by atoms with E-state index in [1.165, 1.54) is 16.4 Å². The average molecular weight is 616 g/mol. The van der Waals surface area contributed by atoms with E-state index >= 15 is 0 Å². The molecule has 8 nitrogen and oxygen atoms in total. The number of thiocarbonyl (C=S) groups is 1. The molecule has 2 unspecified atom stereocenters.